The molecule has 4 nitrogen and oxygen atoms in total. The quantitative estimate of drug-likeness (QED) is 0.285. The number of para-hydroxylation sites is 2. The van der Waals surface area contributed by atoms with Gasteiger partial charge in [0, 0.05) is 22.3 Å². The third-order valence-electron chi connectivity index (χ3n) is 7.81. The summed E-state index contributed by atoms with van der Waals surface area (Å²) >= 11 is 0. The molecule has 0 saturated heterocycles. The summed E-state index contributed by atoms with van der Waals surface area (Å²) in [5.41, 5.74) is 2.16. The van der Waals surface area contributed by atoms with Gasteiger partial charge in [0.05, 0.1) is 0 Å². The highest BCUT2D eigenvalue weighted by Crippen LogP contribution is 2.49. The van der Waals surface area contributed by atoms with Crippen molar-refractivity contribution in [2.45, 2.75) is 100 Å². The second-order valence-electron chi connectivity index (χ2n) is 15.8. The van der Waals surface area contributed by atoms with Gasteiger partial charge in [0.1, 0.15) is 17.6 Å². The molecule has 0 aliphatic heterocycles. The molecule has 1 unspecified atom stereocenters. The van der Waals surface area contributed by atoms with E-state index in [-0.39, 0.29) is 16.6 Å². The zero-order valence-electron chi connectivity index (χ0n) is 28.7. The van der Waals surface area contributed by atoms with E-state index in [9.17, 15) is 4.79 Å². The maximum absolute atomic E-state index is 14.2. The van der Waals surface area contributed by atoms with Crippen molar-refractivity contribution in [1.82, 2.24) is 0 Å². The number of allylic oxidation sites excluding steroid dienone is 1. The summed E-state index contributed by atoms with van der Waals surface area (Å²) in [4.78, 5) is 14.2. The second-order valence-corrected chi connectivity index (χ2v) is 15.8. The van der Waals surface area contributed by atoms with Crippen LogP contribution in [0.15, 0.2) is 95.8 Å². The third kappa shape index (κ3) is 7.29. The first-order valence-electron chi connectivity index (χ1n) is 15.6. The molecule has 4 rings (SSSR count). The van der Waals surface area contributed by atoms with Gasteiger partial charge in [-0.15, -0.1) is 0 Å². The van der Waals surface area contributed by atoms with Crippen LogP contribution in [0.3, 0.4) is 0 Å². The van der Waals surface area contributed by atoms with Gasteiger partial charge < -0.3 is 14.2 Å². The minimum absolute atomic E-state index is 0.105. The van der Waals surface area contributed by atoms with Gasteiger partial charge in [-0.05, 0) is 52.0 Å². The Morgan fingerprint density at radius 1 is 0.523 bits per heavy atom. The van der Waals surface area contributed by atoms with Crippen LogP contribution in [0, 0.1) is 10.8 Å². The second kappa shape index (κ2) is 12.0. The van der Waals surface area contributed by atoms with Crippen LogP contribution in [0.1, 0.15) is 94.2 Å². The van der Waals surface area contributed by atoms with Crippen LogP contribution in [0.4, 0.5) is 0 Å². The fourth-order valence-electron chi connectivity index (χ4n) is 5.54. The molecule has 0 heterocycles. The van der Waals surface area contributed by atoms with E-state index < -0.39 is 16.9 Å². The number of ether oxygens (including phenoxy) is 3. The number of Topliss-reactive ketones (excluding diaryl/α,β-unsaturated/α-hetero) is 1. The van der Waals surface area contributed by atoms with Crippen LogP contribution in [0.5, 0.6) is 23.0 Å². The molecule has 0 aromatic heterocycles. The van der Waals surface area contributed by atoms with E-state index in [1.54, 1.807) is 0 Å². The van der Waals surface area contributed by atoms with Crippen molar-refractivity contribution in [2.24, 2.45) is 10.8 Å². The van der Waals surface area contributed by atoms with Crippen molar-refractivity contribution < 1.29 is 19.0 Å². The number of benzene rings is 3. The Hall–Kier alpha value is -3.79. The molecule has 234 valence electrons. The van der Waals surface area contributed by atoms with Crippen molar-refractivity contribution in [2.75, 3.05) is 0 Å². The average molecular weight is 595 g/mol. The first kappa shape index (κ1) is 33.1. The largest absolute Gasteiger partial charge is 0.478 e. The molecule has 1 aliphatic carbocycles. The molecule has 1 aliphatic rings. The summed E-state index contributed by atoms with van der Waals surface area (Å²) in [6.07, 6.45) is 1.43. The van der Waals surface area contributed by atoms with Crippen molar-refractivity contribution in [1.29, 1.82) is 0 Å². The predicted octanol–water partition coefficient (Wildman–Crippen LogP) is 10.8. The molecule has 3 aromatic carbocycles. The lowest BCUT2D eigenvalue weighted by molar-refractivity contribution is -0.115. The van der Waals surface area contributed by atoms with Crippen molar-refractivity contribution in [3.63, 3.8) is 0 Å². The molecule has 0 bridgehead atoms. The van der Waals surface area contributed by atoms with Gasteiger partial charge in [-0.3, -0.25) is 4.79 Å². The summed E-state index contributed by atoms with van der Waals surface area (Å²) in [6.45, 7) is 25.6. The van der Waals surface area contributed by atoms with Crippen LogP contribution in [-0.4, -0.2) is 11.9 Å². The highest BCUT2D eigenvalue weighted by molar-refractivity contribution is 6.09. The van der Waals surface area contributed by atoms with Crippen molar-refractivity contribution >= 4 is 5.78 Å². The molecule has 0 fully saturated rings. The minimum Gasteiger partial charge on any atom is -0.478 e. The zero-order chi connectivity index (χ0) is 32.7. The SMILES string of the molecule is CC(C)(C)C1=CC(Oc2c(C(C)(C)C)ccc(C(C)(C)C)c2Oc2ccccc2)C(C(C)(C)C)=C(Oc2ccccc2)C1=O. The number of hydrogen-bond acceptors (Lipinski definition) is 4. The standard InChI is InChI=1S/C40H50O4/c1-37(2,3)28-23-24-29(38(4,5)6)35(34(28)42-26-19-15-13-16-20-26)44-31-25-30(39(7,8)9)33(41)36(32(31)40(10,11)12)43-27-21-17-14-18-22-27/h13-25,31H,1-12H3. The average Bonchev–Trinajstić information content (AvgIpc) is 2.89. The molecule has 4 heteroatoms. The fraction of sp³-hybridized carbons (Fsp3) is 0.425. The molecule has 0 amide bonds. The molecule has 0 N–H and O–H groups in total. The molecule has 1 atom stereocenters. The third-order valence-corrected chi connectivity index (χ3v) is 7.81. The number of hydrogen-bond donors (Lipinski definition) is 0. The normalized spacial score (nSPS) is 16.5. The van der Waals surface area contributed by atoms with Crippen molar-refractivity contribution in [3.8, 4) is 23.0 Å². The summed E-state index contributed by atoms with van der Waals surface area (Å²) in [7, 11) is 0. The Bertz CT molecular complexity index is 1550. The highest BCUT2D eigenvalue weighted by atomic mass is 16.5. The van der Waals surface area contributed by atoms with E-state index in [1.165, 1.54) is 0 Å². The maximum atomic E-state index is 14.2. The molecule has 3 aromatic rings. The lowest BCUT2D eigenvalue weighted by Gasteiger charge is -2.38. The van der Waals surface area contributed by atoms with E-state index >= 15 is 0 Å². The highest BCUT2D eigenvalue weighted by Gasteiger charge is 2.42. The summed E-state index contributed by atoms with van der Waals surface area (Å²) in [5, 5.41) is 0. The number of ketones is 1. The van der Waals surface area contributed by atoms with E-state index in [0.29, 0.717) is 28.6 Å². The van der Waals surface area contributed by atoms with Gasteiger partial charge in [0.15, 0.2) is 17.3 Å². The van der Waals surface area contributed by atoms with Crippen molar-refractivity contribution in [3.05, 3.63) is 107 Å². The van der Waals surface area contributed by atoms with Gasteiger partial charge in [-0.2, -0.15) is 0 Å². The van der Waals surface area contributed by atoms with Crippen LogP contribution in [0.2, 0.25) is 0 Å². The Morgan fingerprint density at radius 3 is 1.41 bits per heavy atom. The summed E-state index contributed by atoms with van der Waals surface area (Å²) in [5.74, 6) is 2.95. The fourth-order valence-corrected chi connectivity index (χ4v) is 5.54. The van der Waals surface area contributed by atoms with Gasteiger partial charge in [0.25, 0.3) is 0 Å². The molecule has 0 saturated carbocycles. The number of rotatable bonds is 6. The molecular formula is C40H50O4. The Kier molecular flexibility index (Phi) is 8.99. The van der Waals surface area contributed by atoms with Crippen LogP contribution in [0.25, 0.3) is 0 Å². The lowest BCUT2D eigenvalue weighted by atomic mass is 9.73. The first-order chi connectivity index (χ1) is 20.3. The van der Waals surface area contributed by atoms with Gasteiger partial charge >= 0.3 is 0 Å². The van der Waals surface area contributed by atoms with E-state index in [0.717, 1.165) is 22.4 Å². The number of carbonyl (C=O) groups is 1. The van der Waals surface area contributed by atoms with Crippen LogP contribution >= 0.6 is 0 Å². The van der Waals surface area contributed by atoms with E-state index in [2.05, 4.69) is 95.2 Å². The summed E-state index contributed by atoms with van der Waals surface area (Å²) in [6, 6.07) is 23.7. The Balaban J connectivity index is 2.03. The molecular weight excluding hydrogens is 544 g/mol. The zero-order valence-corrected chi connectivity index (χ0v) is 28.7. The van der Waals surface area contributed by atoms with Gasteiger partial charge in [0.2, 0.25) is 5.78 Å². The van der Waals surface area contributed by atoms with E-state index in [4.69, 9.17) is 14.2 Å². The molecule has 0 spiro atoms. The van der Waals surface area contributed by atoms with E-state index in [1.807, 2.05) is 66.7 Å². The first-order valence-corrected chi connectivity index (χ1v) is 15.6. The smallest absolute Gasteiger partial charge is 0.224 e. The number of carbonyl (C=O) groups excluding carboxylic acids is 1. The molecule has 44 heavy (non-hydrogen) atoms. The Morgan fingerprint density at radius 2 is 0.977 bits per heavy atom. The monoisotopic (exact) mass is 594 g/mol. The lowest BCUT2D eigenvalue weighted by Crippen LogP contribution is -2.38. The Labute approximate surface area is 265 Å². The van der Waals surface area contributed by atoms with Gasteiger partial charge in [-0.25, -0.2) is 0 Å². The van der Waals surface area contributed by atoms with Crippen LogP contribution in [-0.2, 0) is 15.6 Å². The summed E-state index contributed by atoms with van der Waals surface area (Å²) < 4.78 is 20.5. The van der Waals surface area contributed by atoms with Crippen LogP contribution < -0.4 is 14.2 Å². The topological polar surface area (TPSA) is 44.8 Å². The minimum atomic E-state index is -0.574. The predicted molar refractivity (Wildman–Crippen MR) is 181 cm³/mol. The molecule has 0 radical (unpaired) electrons. The van der Waals surface area contributed by atoms with Gasteiger partial charge in [-0.1, -0.05) is 132 Å². The maximum Gasteiger partial charge on any atom is 0.224 e.